The number of hydrogen-bond donors (Lipinski definition) is 3. The zero-order valence-electron chi connectivity index (χ0n) is 15.3. The summed E-state index contributed by atoms with van der Waals surface area (Å²) in [4.78, 5) is 8.02. The maximum atomic E-state index is 8.57. The molecule has 0 aliphatic rings. The topological polar surface area (TPSA) is 96.9 Å². The van der Waals surface area contributed by atoms with Crippen molar-refractivity contribution in [2.24, 2.45) is 0 Å². The molecule has 3 rings (SSSR count). The van der Waals surface area contributed by atoms with Crippen LogP contribution < -0.4 is 15.8 Å². The molecule has 0 saturated carbocycles. The van der Waals surface area contributed by atoms with Crippen LogP contribution >= 0.6 is 23.2 Å². The zero-order chi connectivity index (χ0) is 20.3. The van der Waals surface area contributed by atoms with E-state index in [2.05, 4.69) is 15.3 Å². The first-order valence-corrected chi connectivity index (χ1v) is 9.24. The number of benzene rings is 1. The molecule has 0 amide bonds. The minimum absolute atomic E-state index is 0.301. The van der Waals surface area contributed by atoms with Crippen LogP contribution in [0.2, 0.25) is 10.0 Å². The van der Waals surface area contributed by atoms with E-state index in [1.807, 2.05) is 19.1 Å². The Morgan fingerprint density at radius 3 is 2.46 bits per heavy atom. The van der Waals surface area contributed by atoms with Gasteiger partial charge in [0.2, 0.25) is 0 Å². The van der Waals surface area contributed by atoms with Crippen molar-refractivity contribution in [2.75, 3.05) is 18.1 Å². The van der Waals surface area contributed by atoms with Crippen molar-refractivity contribution < 1.29 is 4.74 Å². The van der Waals surface area contributed by atoms with E-state index < -0.39 is 6.10 Å². The zero-order valence-corrected chi connectivity index (χ0v) is 16.8. The molecule has 6 nitrogen and oxygen atoms in total. The third kappa shape index (κ3) is 4.18. The van der Waals surface area contributed by atoms with Crippen LogP contribution in [0.15, 0.2) is 48.9 Å². The van der Waals surface area contributed by atoms with Crippen LogP contribution in [0.25, 0.3) is 0 Å². The Balaban J connectivity index is 1.92. The van der Waals surface area contributed by atoms with Gasteiger partial charge in [0.05, 0.1) is 15.8 Å². The summed E-state index contributed by atoms with van der Waals surface area (Å²) >= 11 is 12.4. The van der Waals surface area contributed by atoms with Gasteiger partial charge >= 0.3 is 0 Å². The highest BCUT2D eigenvalue weighted by Crippen LogP contribution is 2.33. The number of pyridine rings is 2. The number of nitrogen functional groups attached to an aromatic ring is 1. The summed E-state index contributed by atoms with van der Waals surface area (Å²) in [5.74, 6) is 0.987. The van der Waals surface area contributed by atoms with Gasteiger partial charge in [0.25, 0.3) is 0 Å². The summed E-state index contributed by atoms with van der Waals surface area (Å²) in [7, 11) is 1.80. The van der Waals surface area contributed by atoms with Gasteiger partial charge in [-0.3, -0.25) is 10.4 Å². The van der Waals surface area contributed by atoms with Crippen molar-refractivity contribution >= 4 is 40.4 Å². The second-order valence-electron chi connectivity index (χ2n) is 6.08. The first-order chi connectivity index (χ1) is 13.4. The number of nitrogens with two attached hydrogens (primary N) is 1. The van der Waals surface area contributed by atoms with E-state index in [0.29, 0.717) is 44.0 Å². The van der Waals surface area contributed by atoms with Crippen molar-refractivity contribution in [1.29, 1.82) is 5.41 Å². The fourth-order valence-electron chi connectivity index (χ4n) is 2.80. The molecule has 0 spiro atoms. The van der Waals surface area contributed by atoms with Crippen molar-refractivity contribution in [1.82, 2.24) is 9.97 Å². The normalized spacial score (nSPS) is 11.7. The van der Waals surface area contributed by atoms with E-state index in [0.717, 1.165) is 5.69 Å². The van der Waals surface area contributed by atoms with Crippen LogP contribution in [-0.2, 0) is 0 Å². The molecule has 0 fully saturated rings. The summed E-state index contributed by atoms with van der Waals surface area (Å²) in [6, 6.07) is 8.90. The highest BCUT2D eigenvalue weighted by Gasteiger charge is 2.17. The highest BCUT2D eigenvalue weighted by molar-refractivity contribution is 6.35. The molecule has 144 valence electrons. The molecule has 3 aromatic rings. The van der Waals surface area contributed by atoms with Crippen LogP contribution in [0.1, 0.15) is 29.7 Å². The second kappa shape index (κ2) is 8.46. The number of anilines is 2. The molecule has 1 atom stereocenters. The number of hydrogen-bond acceptors (Lipinski definition) is 6. The van der Waals surface area contributed by atoms with E-state index in [1.165, 1.54) is 12.4 Å². The molecule has 28 heavy (non-hydrogen) atoms. The molecular weight excluding hydrogens is 397 g/mol. The number of halogens is 2. The first kappa shape index (κ1) is 19.9. The quantitative estimate of drug-likeness (QED) is 0.494. The van der Waals surface area contributed by atoms with E-state index in [9.17, 15) is 0 Å². The molecule has 0 aliphatic carbocycles. The monoisotopic (exact) mass is 415 g/mol. The molecule has 1 aromatic carbocycles. The molecule has 2 aromatic heterocycles. The minimum atomic E-state index is -0.399. The Morgan fingerprint density at radius 1 is 1.14 bits per heavy atom. The molecule has 4 N–H and O–H groups in total. The van der Waals surface area contributed by atoms with Crippen molar-refractivity contribution in [3.8, 4) is 5.75 Å². The third-order valence-corrected chi connectivity index (χ3v) is 4.82. The fraction of sp³-hybridized carbons (Fsp3) is 0.150. The lowest BCUT2D eigenvalue weighted by molar-refractivity contribution is 0.227. The van der Waals surface area contributed by atoms with Crippen molar-refractivity contribution in [2.45, 2.75) is 13.0 Å². The molecule has 0 bridgehead atoms. The summed E-state index contributed by atoms with van der Waals surface area (Å²) in [6.07, 6.45) is 4.23. The van der Waals surface area contributed by atoms with Crippen LogP contribution in [-0.4, -0.2) is 22.7 Å². The fourth-order valence-corrected chi connectivity index (χ4v) is 3.47. The van der Waals surface area contributed by atoms with Gasteiger partial charge < -0.3 is 15.8 Å². The van der Waals surface area contributed by atoms with E-state index >= 15 is 0 Å². The van der Waals surface area contributed by atoms with Gasteiger partial charge in [0.15, 0.2) is 0 Å². The number of ether oxygens (including phenoxy) is 1. The van der Waals surface area contributed by atoms with Gasteiger partial charge in [-0.15, -0.1) is 0 Å². The number of nitrogens with one attached hydrogen (secondary N) is 2. The Bertz CT molecular complexity index is 988. The predicted octanol–water partition coefficient (Wildman–Crippen LogP) is 4.96. The Hall–Kier alpha value is -2.83. The number of rotatable bonds is 6. The lowest BCUT2D eigenvalue weighted by Gasteiger charge is -2.19. The largest absolute Gasteiger partial charge is 0.486 e. The van der Waals surface area contributed by atoms with Crippen LogP contribution in [0.3, 0.4) is 0 Å². The SMILES string of the molecule is CNc1ccc(O[C@H](C)c2c(Cl)cncc2Cl)cc1C(=N)c1ccc(N)nc1. The third-order valence-electron chi connectivity index (χ3n) is 4.21. The highest BCUT2D eigenvalue weighted by atomic mass is 35.5. The molecule has 0 aliphatic heterocycles. The maximum absolute atomic E-state index is 8.57. The Morgan fingerprint density at radius 2 is 1.86 bits per heavy atom. The van der Waals surface area contributed by atoms with Gasteiger partial charge in [-0.05, 0) is 37.3 Å². The molecule has 2 heterocycles. The maximum Gasteiger partial charge on any atom is 0.124 e. The number of aromatic nitrogens is 2. The van der Waals surface area contributed by atoms with Gasteiger partial charge in [0, 0.05) is 48.0 Å². The Labute approximate surface area is 173 Å². The van der Waals surface area contributed by atoms with Gasteiger partial charge in [0.1, 0.15) is 17.7 Å². The van der Waals surface area contributed by atoms with Gasteiger partial charge in [-0.1, -0.05) is 23.2 Å². The minimum Gasteiger partial charge on any atom is -0.486 e. The molecule has 0 unspecified atom stereocenters. The number of nitrogens with zero attached hydrogens (tertiary/aromatic N) is 2. The smallest absolute Gasteiger partial charge is 0.124 e. The lowest BCUT2D eigenvalue weighted by atomic mass is 10.0. The van der Waals surface area contributed by atoms with E-state index in [-0.39, 0.29) is 0 Å². The van der Waals surface area contributed by atoms with E-state index in [4.69, 9.17) is 39.1 Å². The van der Waals surface area contributed by atoms with Crippen LogP contribution in [0, 0.1) is 5.41 Å². The van der Waals surface area contributed by atoms with Crippen molar-refractivity contribution in [3.05, 3.63) is 75.7 Å². The summed E-state index contributed by atoms with van der Waals surface area (Å²) in [6.45, 7) is 1.86. The Kier molecular flexibility index (Phi) is 6.02. The average molecular weight is 416 g/mol. The summed E-state index contributed by atoms with van der Waals surface area (Å²) in [5, 5.41) is 12.5. The second-order valence-corrected chi connectivity index (χ2v) is 6.90. The molecule has 8 heteroatoms. The van der Waals surface area contributed by atoms with Gasteiger partial charge in [-0.2, -0.15) is 0 Å². The summed E-state index contributed by atoms with van der Waals surface area (Å²) in [5.41, 5.74) is 8.72. The predicted molar refractivity (Wildman–Crippen MR) is 114 cm³/mol. The van der Waals surface area contributed by atoms with Crippen LogP contribution in [0.5, 0.6) is 5.75 Å². The van der Waals surface area contributed by atoms with Crippen LogP contribution in [0.4, 0.5) is 11.5 Å². The van der Waals surface area contributed by atoms with Crippen molar-refractivity contribution in [3.63, 3.8) is 0 Å². The first-order valence-electron chi connectivity index (χ1n) is 8.49. The average Bonchev–Trinajstić information content (AvgIpc) is 2.68. The standard InChI is InChI=1S/C20H19Cl2N5O/c1-11(19-15(21)9-26-10-16(19)22)28-13-4-5-17(25-2)14(7-13)20(24)12-3-6-18(23)27-8-12/h3-11,24-25H,1-2H3,(H2,23,27)/t11-/m1/s1. The van der Waals surface area contributed by atoms with E-state index in [1.54, 1.807) is 31.4 Å². The molecule has 0 radical (unpaired) electrons. The lowest BCUT2D eigenvalue weighted by Crippen LogP contribution is -2.09. The summed E-state index contributed by atoms with van der Waals surface area (Å²) < 4.78 is 6.05. The molecular formula is C20H19Cl2N5O. The molecule has 0 saturated heterocycles. The van der Waals surface area contributed by atoms with Gasteiger partial charge in [-0.25, -0.2) is 4.98 Å².